The first-order chi connectivity index (χ1) is 17.1. The maximum atomic E-state index is 14.5. The van der Waals surface area contributed by atoms with Gasteiger partial charge in [0.2, 0.25) is 0 Å². The number of nitrogens with zero attached hydrogens (tertiary/aromatic N) is 4. The van der Waals surface area contributed by atoms with Crippen LogP contribution in [-0.2, 0) is 6.18 Å². The molecule has 1 aromatic carbocycles. The van der Waals surface area contributed by atoms with Gasteiger partial charge in [-0.05, 0) is 55.3 Å². The summed E-state index contributed by atoms with van der Waals surface area (Å²) in [5, 5.41) is 6.11. The normalized spacial score (nSPS) is 16.1. The van der Waals surface area contributed by atoms with Gasteiger partial charge in [-0.25, -0.2) is 18.3 Å². The van der Waals surface area contributed by atoms with E-state index in [1.807, 2.05) is 4.90 Å². The molecule has 1 fully saturated rings. The van der Waals surface area contributed by atoms with E-state index in [2.05, 4.69) is 15.4 Å². The molecular weight excluding hydrogens is 505 g/mol. The van der Waals surface area contributed by atoms with Crippen molar-refractivity contribution in [3.63, 3.8) is 0 Å². The summed E-state index contributed by atoms with van der Waals surface area (Å²) in [7, 11) is 0. The zero-order chi connectivity index (χ0) is 25.6. The SMILES string of the molecule is O=C(Nc1ccc(C(F)(F)F)nc1Cl)c1cnn2ccc(N3CCCC3c3cc(F)ccc3F)cc12. The van der Waals surface area contributed by atoms with Gasteiger partial charge in [0.25, 0.3) is 5.91 Å². The van der Waals surface area contributed by atoms with E-state index in [1.165, 1.54) is 16.8 Å². The maximum absolute atomic E-state index is 14.5. The van der Waals surface area contributed by atoms with E-state index in [-0.39, 0.29) is 22.9 Å². The van der Waals surface area contributed by atoms with Crippen LogP contribution in [0.15, 0.2) is 54.9 Å². The Morgan fingerprint density at radius 1 is 1.11 bits per heavy atom. The fourth-order valence-corrected chi connectivity index (χ4v) is 4.57. The second-order valence-corrected chi connectivity index (χ2v) is 8.64. The molecule has 0 saturated carbocycles. The molecule has 6 nitrogen and oxygen atoms in total. The lowest BCUT2D eigenvalue weighted by molar-refractivity contribution is -0.141. The van der Waals surface area contributed by atoms with Crippen molar-refractivity contribution in [3.05, 3.63) is 88.5 Å². The molecule has 1 aliphatic rings. The number of benzene rings is 1. The Bertz CT molecular complexity index is 1470. The standard InChI is InChI=1S/C24H17ClF5N5O/c25-22-18(5-6-21(33-22)24(28,29)30)32-23(36)16-12-31-35-9-7-14(11-20(16)35)34-8-1-2-19(34)15-10-13(26)3-4-17(15)27/h3-7,9-12,19H,1-2,8H2,(H,32,36). The van der Waals surface area contributed by atoms with Gasteiger partial charge in [-0.15, -0.1) is 0 Å². The van der Waals surface area contributed by atoms with Crippen molar-refractivity contribution in [3.8, 4) is 0 Å². The van der Waals surface area contributed by atoms with Crippen molar-refractivity contribution in [2.75, 3.05) is 16.8 Å². The summed E-state index contributed by atoms with van der Waals surface area (Å²) in [4.78, 5) is 18.2. The number of amides is 1. The van der Waals surface area contributed by atoms with Gasteiger partial charge in [-0.3, -0.25) is 4.79 Å². The van der Waals surface area contributed by atoms with Crippen LogP contribution in [0.2, 0.25) is 5.15 Å². The number of fused-ring (bicyclic) bond motifs is 1. The van der Waals surface area contributed by atoms with Crippen molar-refractivity contribution in [2.45, 2.75) is 25.1 Å². The predicted octanol–water partition coefficient (Wildman–Crippen LogP) is 6.27. The number of anilines is 2. The molecule has 1 aliphatic heterocycles. The Hall–Kier alpha value is -3.73. The Balaban J connectivity index is 1.44. The molecule has 0 aliphatic carbocycles. The van der Waals surface area contributed by atoms with E-state index in [9.17, 15) is 26.7 Å². The van der Waals surface area contributed by atoms with Crippen molar-refractivity contribution in [1.29, 1.82) is 0 Å². The van der Waals surface area contributed by atoms with Crippen LogP contribution in [0.25, 0.3) is 5.52 Å². The topological polar surface area (TPSA) is 62.5 Å². The van der Waals surface area contributed by atoms with Crippen LogP contribution in [0.5, 0.6) is 0 Å². The van der Waals surface area contributed by atoms with Crippen LogP contribution in [-0.4, -0.2) is 27.0 Å². The minimum absolute atomic E-state index is 0.0913. The number of hydrogen-bond acceptors (Lipinski definition) is 4. The molecule has 1 N–H and O–H groups in total. The van der Waals surface area contributed by atoms with Crippen molar-refractivity contribution >= 4 is 34.4 Å². The maximum Gasteiger partial charge on any atom is 0.433 e. The van der Waals surface area contributed by atoms with Gasteiger partial charge in [0.1, 0.15) is 17.3 Å². The van der Waals surface area contributed by atoms with Crippen LogP contribution in [0.3, 0.4) is 0 Å². The van der Waals surface area contributed by atoms with Crippen LogP contribution in [0.4, 0.5) is 33.3 Å². The van der Waals surface area contributed by atoms with E-state index in [0.29, 0.717) is 24.2 Å². The molecule has 1 unspecified atom stereocenters. The molecule has 1 amide bonds. The highest BCUT2D eigenvalue weighted by atomic mass is 35.5. The first-order valence-electron chi connectivity index (χ1n) is 10.9. The fourth-order valence-electron chi connectivity index (χ4n) is 4.37. The number of nitrogens with one attached hydrogen (secondary N) is 1. The lowest BCUT2D eigenvalue weighted by Gasteiger charge is -2.27. The van der Waals surface area contributed by atoms with E-state index in [4.69, 9.17) is 11.6 Å². The Morgan fingerprint density at radius 2 is 1.92 bits per heavy atom. The van der Waals surface area contributed by atoms with E-state index < -0.39 is 34.6 Å². The molecule has 1 saturated heterocycles. The van der Waals surface area contributed by atoms with Crippen LogP contribution in [0, 0.1) is 11.6 Å². The van der Waals surface area contributed by atoms with Gasteiger partial charge in [0, 0.05) is 24.0 Å². The summed E-state index contributed by atoms with van der Waals surface area (Å²) in [6.45, 7) is 0.597. The first kappa shape index (κ1) is 24.0. The highest BCUT2D eigenvalue weighted by molar-refractivity contribution is 6.32. The molecular formula is C24H17ClF5N5O. The first-order valence-corrected chi connectivity index (χ1v) is 11.2. The van der Waals surface area contributed by atoms with Gasteiger partial charge in [-0.1, -0.05) is 11.6 Å². The molecule has 0 spiro atoms. The molecule has 0 bridgehead atoms. The van der Waals surface area contributed by atoms with Gasteiger partial charge in [0.05, 0.1) is 29.0 Å². The van der Waals surface area contributed by atoms with Gasteiger partial charge < -0.3 is 10.2 Å². The molecule has 4 aromatic rings. The average Bonchev–Trinajstić information content (AvgIpc) is 3.48. The molecule has 4 heterocycles. The smallest absolute Gasteiger partial charge is 0.364 e. The van der Waals surface area contributed by atoms with E-state index in [1.54, 1.807) is 18.3 Å². The molecule has 5 rings (SSSR count). The third kappa shape index (κ3) is 4.46. The number of hydrogen-bond donors (Lipinski definition) is 1. The third-order valence-corrected chi connectivity index (χ3v) is 6.33. The second kappa shape index (κ2) is 9.05. The zero-order valence-corrected chi connectivity index (χ0v) is 19.1. The molecule has 1 atom stereocenters. The lowest BCUT2D eigenvalue weighted by atomic mass is 10.0. The fraction of sp³-hybridized carbons (Fsp3) is 0.208. The molecule has 0 radical (unpaired) electrons. The number of aromatic nitrogens is 3. The summed E-state index contributed by atoms with van der Waals surface area (Å²) < 4.78 is 68.3. The number of halogens is 6. The highest BCUT2D eigenvalue weighted by Gasteiger charge is 2.33. The number of carbonyl (C=O) groups is 1. The van der Waals surface area contributed by atoms with Gasteiger partial charge in [0.15, 0.2) is 5.15 Å². The predicted molar refractivity (Wildman–Crippen MR) is 123 cm³/mol. The molecule has 12 heteroatoms. The van der Waals surface area contributed by atoms with Gasteiger partial charge >= 0.3 is 6.18 Å². The highest BCUT2D eigenvalue weighted by Crippen LogP contribution is 2.38. The third-order valence-electron chi connectivity index (χ3n) is 6.04. The number of carbonyl (C=O) groups excluding carboxylic acids is 1. The van der Waals surface area contributed by atoms with Crippen LogP contribution >= 0.6 is 11.6 Å². The number of rotatable bonds is 4. The van der Waals surface area contributed by atoms with E-state index >= 15 is 0 Å². The van der Waals surface area contributed by atoms with Crippen molar-refractivity contribution in [1.82, 2.24) is 14.6 Å². The molecule has 186 valence electrons. The number of pyridine rings is 2. The zero-order valence-electron chi connectivity index (χ0n) is 18.4. The Kier molecular flexibility index (Phi) is 6.03. The summed E-state index contributed by atoms with van der Waals surface area (Å²) in [5.74, 6) is -1.68. The van der Waals surface area contributed by atoms with Crippen molar-refractivity contribution in [2.24, 2.45) is 0 Å². The second-order valence-electron chi connectivity index (χ2n) is 8.28. The van der Waals surface area contributed by atoms with Crippen molar-refractivity contribution < 1.29 is 26.7 Å². The molecule has 3 aromatic heterocycles. The summed E-state index contributed by atoms with van der Waals surface area (Å²) >= 11 is 5.86. The average molecular weight is 522 g/mol. The van der Waals surface area contributed by atoms with Crippen LogP contribution in [0.1, 0.15) is 40.5 Å². The lowest BCUT2D eigenvalue weighted by Crippen LogP contribution is -2.23. The molecule has 36 heavy (non-hydrogen) atoms. The summed E-state index contributed by atoms with van der Waals surface area (Å²) in [6, 6.07) is 8.17. The quantitative estimate of drug-likeness (QED) is 0.254. The summed E-state index contributed by atoms with van der Waals surface area (Å²) in [6.07, 6.45) is -0.346. The van der Waals surface area contributed by atoms with E-state index in [0.717, 1.165) is 30.7 Å². The minimum atomic E-state index is -4.67. The Morgan fingerprint density at radius 3 is 2.67 bits per heavy atom. The monoisotopic (exact) mass is 521 g/mol. The van der Waals surface area contributed by atoms with Crippen LogP contribution < -0.4 is 10.2 Å². The Labute approximate surface area is 206 Å². The minimum Gasteiger partial charge on any atom is -0.364 e. The largest absolute Gasteiger partial charge is 0.433 e. The van der Waals surface area contributed by atoms with Gasteiger partial charge in [-0.2, -0.15) is 18.3 Å². The summed E-state index contributed by atoms with van der Waals surface area (Å²) in [5.41, 5.74) is 0.208. The number of alkyl halides is 3.